The van der Waals surface area contributed by atoms with E-state index in [2.05, 4.69) is 0 Å². The molecule has 2 aliphatic rings. The van der Waals surface area contributed by atoms with Gasteiger partial charge >= 0.3 is 6.09 Å². The second-order valence-corrected chi connectivity index (χ2v) is 7.00. The fraction of sp³-hybridized carbons (Fsp3) is 0.529. The summed E-state index contributed by atoms with van der Waals surface area (Å²) < 4.78 is 5.52. The highest BCUT2D eigenvalue weighted by molar-refractivity contribution is 6.32. The lowest BCUT2D eigenvalue weighted by Crippen LogP contribution is -2.43. The Morgan fingerprint density at radius 1 is 1.41 bits per heavy atom. The molecule has 1 fully saturated rings. The van der Waals surface area contributed by atoms with Gasteiger partial charge in [-0.25, -0.2) is 4.79 Å². The number of likely N-dealkylation sites (tertiary alicyclic amines) is 1. The Labute approximate surface area is 133 Å². The van der Waals surface area contributed by atoms with Crippen LogP contribution in [0.1, 0.15) is 39.2 Å². The SMILES string of the molecule is [B]c1ccc2c(c1)CC([C@@H]1CCCN1C(=O)OC(C)(C)C)=N2. The van der Waals surface area contributed by atoms with Gasteiger partial charge in [0.2, 0.25) is 0 Å². The van der Waals surface area contributed by atoms with Crippen molar-refractivity contribution in [2.45, 2.75) is 51.7 Å². The van der Waals surface area contributed by atoms with Crippen LogP contribution in [0.4, 0.5) is 10.5 Å². The number of carbonyl (C=O) groups excluding carboxylic acids is 1. The van der Waals surface area contributed by atoms with Crippen molar-refractivity contribution in [2.24, 2.45) is 4.99 Å². The van der Waals surface area contributed by atoms with E-state index < -0.39 is 5.60 Å². The maximum absolute atomic E-state index is 12.4. The van der Waals surface area contributed by atoms with Gasteiger partial charge in [-0.05, 0) is 45.2 Å². The summed E-state index contributed by atoms with van der Waals surface area (Å²) in [5.41, 5.74) is 3.44. The third-order valence-electron chi connectivity index (χ3n) is 4.00. The van der Waals surface area contributed by atoms with Gasteiger partial charge in [0.15, 0.2) is 0 Å². The van der Waals surface area contributed by atoms with E-state index in [9.17, 15) is 4.79 Å². The summed E-state index contributed by atoms with van der Waals surface area (Å²) >= 11 is 0. The Bertz CT molecular complexity index is 634. The van der Waals surface area contributed by atoms with E-state index in [-0.39, 0.29) is 12.1 Å². The van der Waals surface area contributed by atoms with Gasteiger partial charge in [-0.1, -0.05) is 17.6 Å². The van der Waals surface area contributed by atoms with Crippen LogP contribution in [0.5, 0.6) is 0 Å². The number of fused-ring (bicyclic) bond motifs is 1. The Kier molecular flexibility index (Phi) is 3.75. The van der Waals surface area contributed by atoms with Crippen LogP contribution in [0.25, 0.3) is 0 Å². The standard InChI is InChI=1S/C17H21BN2O2/c1-17(2,3)22-16(21)20-8-4-5-15(20)14-10-11-9-12(18)6-7-13(11)19-14/h6-7,9,15H,4-5,8,10H2,1-3H3/t15-/m0/s1. The summed E-state index contributed by atoms with van der Waals surface area (Å²) in [5.74, 6) is 0. The molecular formula is C17H21BN2O2. The molecule has 0 saturated carbocycles. The van der Waals surface area contributed by atoms with E-state index in [0.717, 1.165) is 48.2 Å². The molecule has 0 aliphatic carbocycles. The zero-order chi connectivity index (χ0) is 15.9. The fourth-order valence-electron chi connectivity index (χ4n) is 3.09. The molecule has 1 saturated heterocycles. The molecule has 22 heavy (non-hydrogen) atoms. The molecule has 0 spiro atoms. The van der Waals surface area contributed by atoms with E-state index in [1.165, 1.54) is 0 Å². The minimum absolute atomic E-state index is 0.0449. The fourth-order valence-corrected chi connectivity index (χ4v) is 3.09. The molecule has 0 aromatic heterocycles. The van der Waals surface area contributed by atoms with E-state index >= 15 is 0 Å². The molecular weight excluding hydrogens is 275 g/mol. The number of benzene rings is 1. The first kappa shape index (κ1) is 15.1. The lowest BCUT2D eigenvalue weighted by Gasteiger charge is -2.28. The highest BCUT2D eigenvalue weighted by Crippen LogP contribution is 2.31. The lowest BCUT2D eigenvalue weighted by atomic mass is 9.92. The molecule has 5 heteroatoms. The largest absolute Gasteiger partial charge is 0.444 e. The molecule has 1 aromatic rings. The highest BCUT2D eigenvalue weighted by Gasteiger charge is 2.36. The number of amides is 1. The van der Waals surface area contributed by atoms with Gasteiger partial charge in [0.1, 0.15) is 13.4 Å². The van der Waals surface area contributed by atoms with E-state index in [0.29, 0.717) is 0 Å². The summed E-state index contributed by atoms with van der Waals surface area (Å²) in [6.07, 6.45) is 2.46. The molecule has 3 rings (SSSR count). The monoisotopic (exact) mass is 296 g/mol. The number of hydrogen-bond acceptors (Lipinski definition) is 3. The third kappa shape index (κ3) is 3.03. The zero-order valence-electron chi connectivity index (χ0n) is 13.4. The predicted molar refractivity (Wildman–Crippen MR) is 88.6 cm³/mol. The average Bonchev–Trinajstić information content (AvgIpc) is 3.01. The molecule has 0 N–H and O–H groups in total. The minimum atomic E-state index is -0.473. The van der Waals surface area contributed by atoms with Crippen LogP contribution >= 0.6 is 0 Å². The molecule has 2 radical (unpaired) electrons. The van der Waals surface area contributed by atoms with Crippen molar-refractivity contribution >= 4 is 30.8 Å². The number of nitrogens with zero attached hydrogens (tertiary/aromatic N) is 2. The lowest BCUT2D eigenvalue weighted by molar-refractivity contribution is 0.0265. The van der Waals surface area contributed by atoms with Crippen molar-refractivity contribution in [3.63, 3.8) is 0 Å². The van der Waals surface area contributed by atoms with Gasteiger partial charge in [0.25, 0.3) is 0 Å². The number of carbonyl (C=O) groups is 1. The van der Waals surface area contributed by atoms with Crippen molar-refractivity contribution in [2.75, 3.05) is 6.54 Å². The normalized spacial score (nSPS) is 20.8. The Morgan fingerprint density at radius 2 is 2.18 bits per heavy atom. The summed E-state index contributed by atoms with van der Waals surface area (Å²) in [6, 6.07) is 5.83. The quantitative estimate of drug-likeness (QED) is 0.747. The molecule has 0 unspecified atom stereocenters. The summed E-state index contributed by atoms with van der Waals surface area (Å²) in [7, 11) is 5.84. The van der Waals surface area contributed by atoms with Crippen molar-refractivity contribution < 1.29 is 9.53 Å². The van der Waals surface area contributed by atoms with Crippen molar-refractivity contribution in [3.05, 3.63) is 23.8 Å². The number of aliphatic imine (C=N–C) groups is 1. The molecule has 0 bridgehead atoms. The highest BCUT2D eigenvalue weighted by atomic mass is 16.6. The minimum Gasteiger partial charge on any atom is -0.444 e. The predicted octanol–water partition coefficient (Wildman–Crippen LogP) is 2.51. The van der Waals surface area contributed by atoms with Gasteiger partial charge in [-0.2, -0.15) is 0 Å². The summed E-state index contributed by atoms with van der Waals surface area (Å²) in [4.78, 5) is 18.9. The number of rotatable bonds is 1. The molecule has 1 amide bonds. The van der Waals surface area contributed by atoms with Gasteiger partial charge in [-0.3, -0.25) is 9.89 Å². The van der Waals surface area contributed by atoms with Gasteiger partial charge in [-0.15, -0.1) is 0 Å². The molecule has 114 valence electrons. The van der Waals surface area contributed by atoms with Crippen LogP contribution in [-0.4, -0.2) is 42.7 Å². The van der Waals surface area contributed by atoms with Gasteiger partial charge < -0.3 is 4.74 Å². The van der Waals surface area contributed by atoms with Crippen molar-refractivity contribution in [1.82, 2.24) is 4.90 Å². The van der Waals surface area contributed by atoms with Crippen LogP contribution in [0.2, 0.25) is 0 Å². The Morgan fingerprint density at radius 3 is 2.91 bits per heavy atom. The van der Waals surface area contributed by atoms with Gasteiger partial charge in [0.05, 0.1) is 11.7 Å². The number of ether oxygens (including phenoxy) is 1. The van der Waals surface area contributed by atoms with E-state index in [1.807, 2.05) is 43.9 Å². The first-order valence-electron chi connectivity index (χ1n) is 7.79. The summed E-state index contributed by atoms with van der Waals surface area (Å²) in [5, 5.41) is 0. The van der Waals surface area contributed by atoms with Crippen LogP contribution in [0.15, 0.2) is 23.2 Å². The smallest absolute Gasteiger partial charge is 0.410 e. The topological polar surface area (TPSA) is 41.9 Å². The van der Waals surface area contributed by atoms with E-state index in [1.54, 1.807) is 0 Å². The average molecular weight is 296 g/mol. The molecule has 2 aliphatic heterocycles. The first-order valence-corrected chi connectivity index (χ1v) is 7.79. The second-order valence-electron chi connectivity index (χ2n) is 7.00. The van der Waals surface area contributed by atoms with Crippen LogP contribution in [0, 0.1) is 0 Å². The second kappa shape index (κ2) is 5.45. The zero-order valence-corrected chi connectivity index (χ0v) is 13.4. The van der Waals surface area contributed by atoms with Crippen LogP contribution in [0.3, 0.4) is 0 Å². The molecule has 2 heterocycles. The van der Waals surface area contributed by atoms with E-state index in [4.69, 9.17) is 17.6 Å². The van der Waals surface area contributed by atoms with Gasteiger partial charge in [0, 0.05) is 18.7 Å². The third-order valence-corrected chi connectivity index (χ3v) is 4.00. The van der Waals surface area contributed by atoms with Crippen molar-refractivity contribution in [1.29, 1.82) is 0 Å². The maximum Gasteiger partial charge on any atom is 0.410 e. The first-order chi connectivity index (χ1) is 10.3. The Balaban J connectivity index is 1.76. The molecule has 4 nitrogen and oxygen atoms in total. The van der Waals surface area contributed by atoms with Crippen LogP contribution in [-0.2, 0) is 11.2 Å². The maximum atomic E-state index is 12.4. The van der Waals surface area contributed by atoms with Crippen LogP contribution < -0.4 is 5.46 Å². The number of hydrogen-bond donors (Lipinski definition) is 0. The van der Waals surface area contributed by atoms with Crippen molar-refractivity contribution in [3.8, 4) is 0 Å². The molecule has 1 atom stereocenters. The summed E-state index contributed by atoms with van der Waals surface area (Å²) in [6.45, 7) is 6.40. The Hall–Kier alpha value is -1.78. The molecule has 1 aromatic carbocycles.